The average molecular weight is 227 g/mol. The summed E-state index contributed by atoms with van der Waals surface area (Å²) in [6.07, 6.45) is 0.853. The summed E-state index contributed by atoms with van der Waals surface area (Å²) in [5, 5.41) is 2.66. The molecule has 0 spiro atoms. The van der Waals surface area contributed by atoms with Gasteiger partial charge in [-0.1, -0.05) is 0 Å². The molecule has 90 valence electrons. The van der Waals surface area contributed by atoms with Gasteiger partial charge in [0.05, 0.1) is 0 Å². The summed E-state index contributed by atoms with van der Waals surface area (Å²) in [6.45, 7) is 2.91. The number of nitrogens with zero attached hydrogens (tertiary/aromatic N) is 2. The van der Waals surface area contributed by atoms with E-state index in [9.17, 15) is 14.4 Å². The van der Waals surface area contributed by atoms with Crippen LogP contribution in [0.3, 0.4) is 0 Å². The molecule has 0 radical (unpaired) electrons. The highest BCUT2D eigenvalue weighted by Crippen LogP contribution is 2.08. The molecule has 6 nitrogen and oxygen atoms in total. The number of hydrogen-bond donors (Lipinski definition) is 1. The van der Waals surface area contributed by atoms with Crippen molar-refractivity contribution in [2.24, 2.45) is 0 Å². The second kappa shape index (κ2) is 5.48. The van der Waals surface area contributed by atoms with Gasteiger partial charge >= 0.3 is 6.03 Å². The number of carbonyl (C=O) groups is 3. The van der Waals surface area contributed by atoms with Crippen LogP contribution >= 0.6 is 0 Å². The molecule has 1 heterocycles. The fourth-order valence-corrected chi connectivity index (χ4v) is 1.57. The molecule has 0 unspecified atom stereocenters. The Hall–Kier alpha value is -1.59. The summed E-state index contributed by atoms with van der Waals surface area (Å²) in [4.78, 5) is 36.5. The first-order valence-corrected chi connectivity index (χ1v) is 5.38. The standard InChI is InChI=1S/C10H17N3O3/c1-3-11-8(14)5-4-6-13-9(15)7-12(2)10(13)16/h3-7H2,1-2H3,(H,11,14). The molecule has 0 atom stereocenters. The van der Waals surface area contributed by atoms with E-state index in [4.69, 9.17) is 0 Å². The largest absolute Gasteiger partial charge is 0.356 e. The molecule has 0 saturated carbocycles. The van der Waals surface area contributed by atoms with Gasteiger partial charge in [-0.15, -0.1) is 0 Å². The Kier molecular flexibility index (Phi) is 4.28. The molecule has 0 aromatic carbocycles. The molecule has 0 aromatic rings. The van der Waals surface area contributed by atoms with Crippen molar-refractivity contribution in [3.05, 3.63) is 0 Å². The maximum Gasteiger partial charge on any atom is 0.326 e. The van der Waals surface area contributed by atoms with Crippen molar-refractivity contribution >= 4 is 17.8 Å². The summed E-state index contributed by atoms with van der Waals surface area (Å²) >= 11 is 0. The molecule has 1 N–H and O–H groups in total. The van der Waals surface area contributed by atoms with Crippen molar-refractivity contribution in [3.8, 4) is 0 Å². The van der Waals surface area contributed by atoms with E-state index in [1.54, 1.807) is 7.05 Å². The van der Waals surface area contributed by atoms with E-state index < -0.39 is 0 Å². The predicted octanol–water partition coefficient (Wildman–Crippen LogP) is -0.203. The van der Waals surface area contributed by atoms with Crippen molar-refractivity contribution in [3.63, 3.8) is 0 Å². The van der Waals surface area contributed by atoms with Crippen molar-refractivity contribution in [2.45, 2.75) is 19.8 Å². The number of likely N-dealkylation sites (N-methyl/N-ethyl adjacent to an activating group) is 1. The van der Waals surface area contributed by atoms with E-state index in [1.807, 2.05) is 6.92 Å². The minimum Gasteiger partial charge on any atom is -0.356 e. The zero-order valence-corrected chi connectivity index (χ0v) is 9.65. The topological polar surface area (TPSA) is 69.7 Å². The highest BCUT2D eigenvalue weighted by Gasteiger charge is 2.32. The zero-order chi connectivity index (χ0) is 12.1. The van der Waals surface area contributed by atoms with Gasteiger partial charge in [-0.05, 0) is 13.3 Å². The van der Waals surface area contributed by atoms with E-state index in [0.29, 0.717) is 25.9 Å². The van der Waals surface area contributed by atoms with Gasteiger partial charge in [-0.25, -0.2) is 4.79 Å². The molecular formula is C10H17N3O3. The lowest BCUT2D eigenvalue weighted by Gasteiger charge is -2.13. The Morgan fingerprint density at radius 3 is 2.62 bits per heavy atom. The monoisotopic (exact) mass is 227 g/mol. The number of hydrogen-bond acceptors (Lipinski definition) is 3. The molecule has 1 aliphatic heterocycles. The smallest absolute Gasteiger partial charge is 0.326 e. The Morgan fingerprint density at radius 2 is 2.12 bits per heavy atom. The summed E-state index contributed by atoms with van der Waals surface area (Å²) in [5.74, 6) is -0.238. The van der Waals surface area contributed by atoms with Gasteiger partial charge in [0.25, 0.3) is 0 Å². The van der Waals surface area contributed by atoms with Gasteiger partial charge in [-0.2, -0.15) is 0 Å². The normalized spacial score (nSPS) is 15.9. The molecule has 0 bridgehead atoms. The molecule has 1 fully saturated rings. The van der Waals surface area contributed by atoms with E-state index >= 15 is 0 Å². The first-order valence-electron chi connectivity index (χ1n) is 5.38. The van der Waals surface area contributed by atoms with Gasteiger partial charge in [0, 0.05) is 26.6 Å². The summed E-state index contributed by atoms with van der Waals surface area (Å²) in [5.41, 5.74) is 0. The maximum absolute atomic E-state index is 11.4. The zero-order valence-electron chi connectivity index (χ0n) is 9.65. The Balaban J connectivity index is 2.30. The van der Waals surface area contributed by atoms with Crippen molar-refractivity contribution in [2.75, 3.05) is 26.7 Å². The van der Waals surface area contributed by atoms with Gasteiger partial charge in [0.2, 0.25) is 11.8 Å². The van der Waals surface area contributed by atoms with E-state index in [1.165, 1.54) is 9.80 Å². The molecular weight excluding hydrogens is 210 g/mol. The van der Waals surface area contributed by atoms with E-state index in [2.05, 4.69) is 5.32 Å². The molecule has 16 heavy (non-hydrogen) atoms. The third-order valence-corrected chi connectivity index (χ3v) is 2.39. The molecule has 0 aromatic heterocycles. The highest BCUT2D eigenvalue weighted by molar-refractivity contribution is 6.01. The lowest BCUT2D eigenvalue weighted by molar-refractivity contribution is -0.126. The summed E-state index contributed by atoms with van der Waals surface area (Å²) < 4.78 is 0. The van der Waals surface area contributed by atoms with Crippen LogP contribution in [0.15, 0.2) is 0 Å². The predicted molar refractivity (Wildman–Crippen MR) is 57.7 cm³/mol. The number of imide groups is 1. The third-order valence-electron chi connectivity index (χ3n) is 2.39. The number of urea groups is 1. The summed E-state index contributed by atoms with van der Waals surface area (Å²) in [6, 6.07) is -0.277. The molecule has 4 amide bonds. The van der Waals surface area contributed by atoms with Crippen LogP contribution in [0.25, 0.3) is 0 Å². The Labute approximate surface area is 94.6 Å². The molecule has 0 aliphatic carbocycles. The Bertz CT molecular complexity index is 304. The SMILES string of the molecule is CCNC(=O)CCCN1C(=O)CN(C)C1=O. The lowest BCUT2D eigenvalue weighted by Crippen LogP contribution is -2.33. The van der Waals surface area contributed by atoms with E-state index in [-0.39, 0.29) is 24.4 Å². The van der Waals surface area contributed by atoms with Gasteiger partial charge < -0.3 is 10.2 Å². The van der Waals surface area contributed by atoms with Crippen LogP contribution in [-0.4, -0.2) is 54.3 Å². The van der Waals surface area contributed by atoms with Crippen LogP contribution in [0.1, 0.15) is 19.8 Å². The number of carbonyl (C=O) groups excluding carboxylic acids is 3. The number of nitrogens with one attached hydrogen (secondary N) is 1. The van der Waals surface area contributed by atoms with Crippen molar-refractivity contribution < 1.29 is 14.4 Å². The second-order valence-corrected chi connectivity index (χ2v) is 3.74. The van der Waals surface area contributed by atoms with Gasteiger partial charge in [0.1, 0.15) is 6.54 Å². The van der Waals surface area contributed by atoms with Crippen LogP contribution in [-0.2, 0) is 9.59 Å². The fraction of sp³-hybridized carbons (Fsp3) is 0.700. The van der Waals surface area contributed by atoms with Crippen LogP contribution in [0.5, 0.6) is 0 Å². The third kappa shape index (κ3) is 2.95. The quantitative estimate of drug-likeness (QED) is 0.661. The molecule has 1 saturated heterocycles. The average Bonchev–Trinajstić information content (AvgIpc) is 2.45. The lowest BCUT2D eigenvalue weighted by atomic mass is 10.3. The van der Waals surface area contributed by atoms with Crippen molar-refractivity contribution in [1.29, 1.82) is 0 Å². The summed E-state index contributed by atoms with van der Waals surface area (Å²) in [7, 11) is 1.59. The van der Waals surface area contributed by atoms with Crippen LogP contribution in [0.4, 0.5) is 4.79 Å². The fourth-order valence-electron chi connectivity index (χ4n) is 1.57. The van der Waals surface area contributed by atoms with Crippen LogP contribution in [0.2, 0.25) is 0 Å². The molecule has 1 aliphatic rings. The van der Waals surface area contributed by atoms with Gasteiger partial charge in [0.15, 0.2) is 0 Å². The minimum absolute atomic E-state index is 0.0463. The Morgan fingerprint density at radius 1 is 1.44 bits per heavy atom. The first kappa shape index (κ1) is 12.5. The number of amides is 4. The van der Waals surface area contributed by atoms with E-state index in [0.717, 1.165) is 0 Å². The van der Waals surface area contributed by atoms with Crippen LogP contribution in [0, 0.1) is 0 Å². The molecule has 6 heteroatoms. The minimum atomic E-state index is -0.277. The first-order chi connectivity index (χ1) is 7.56. The maximum atomic E-state index is 11.4. The second-order valence-electron chi connectivity index (χ2n) is 3.74. The highest BCUT2D eigenvalue weighted by atomic mass is 16.2. The van der Waals surface area contributed by atoms with Gasteiger partial charge in [-0.3, -0.25) is 14.5 Å². The van der Waals surface area contributed by atoms with Crippen LogP contribution < -0.4 is 5.32 Å². The molecule has 1 rings (SSSR count). The number of rotatable bonds is 5. The van der Waals surface area contributed by atoms with Crippen molar-refractivity contribution in [1.82, 2.24) is 15.1 Å².